The first kappa shape index (κ1) is 30.3. The second-order valence-electron chi connectivity index (χ2n) is 10.4. The van der Waals surface area contributed by atoms with Crippen LogP contribution in [0.2, 0.25) is 15.1 Å². The van der Waals surface area contributed by atoms with E-state index in [9.17, 15) is 9.59 Å². The van der Waals surface area contributed by atoms with Gasteiger partial charge < -0.3 is 9.88 Å². The topological polar surface area (TPSA) is 100 Å². The molecule has 1 N–H and O–H groups in total. The van der Waals surface area contributed by atoms with E-state index in [1.807, 2.05) is 31.9 Å². The Morgan fingerprint density at radius 1 is 1.15 bits per heavy atom. The highest BCUT2D eigenvalue weighted by atomic mass is 35.5. The van der Waals surface area contributed by atoms with Gasteiger partial charge in [0.2, 0.25) is 5.91 Å². The fraction of sp³-hybridized carbons (Fsp3) is 0.444. The fourth-order valence-corrected chi connectivity index (χ4v) is 7.62. The zero-order valence-corrected chi connectivity index (χ0v) is 27.1. The number of fused-ring (bicyclic) bond motifs is 1. The van der Waals surface area contributed by atoms with Gasteiger partial charge in [0.05, 0.1) is 49.0 Å². The third kappa shape index (κ3) is 6.30. The number of aromatic nitrogens is 5. The summed E-state index contributed by atoms with van der Waals surface area (Å²) in [4.78, 5) is 39.6. The molecule has 14 heteroatoms. The van der Waals surface area contributed by atoms with Gasteiger partial charge in [0.25, 0.3) is 5.56 Å². The normalized spacial score (nSPS) is 18.8. The molecule has 1 amide bonds. The third-order valence-corrected chi connectivity index (χ3v) is 10.7. The van der Waals surface area contributed by atoms with Crippen molar-refractivity contribution >= 4 is 74.0 Å². The molecule has 1 saturated heterocycles. The van der Waals surface area contributed by atoms with Gasteiger partial charge in [0.1, 0.15) is 10.7 Å². The third-order valence-electron chi connectivity index (χ3n) is 7.44. The fourth-order valence-electron chi connectivity index (χ4n) is 5.11. The molecule has 0 radical (unpaired) electrons. The van der Waals surface area contributed by atoms with Crippen LogP contribution in [0.3, 0.4) is 0 Å². The van der Waals surface area contributed by atoms with Crippen LogP contribution in [0.1, 0.15) is 42.7 Å². The lowest BCUT2D eigenvalue weighted by Crippen LogP contribution is -2.58. The van der Waals surface area contributed by atoms with Crippen molar-refractivity contribution in [2.75, 3.05) is 13.1 Å². The van der Waals surface area contributed by atoms with Gasteiger partial charge in [0.15, 0.2) is 0 Å². The number of piperazine rings is 1. The number of amides is 1. The van der Waals surface area contributed by atoms with E-state index in [4.69, 9.17) is 34.8 Å². The molecule has 1 fully saturated rings. The van der Waals surface area contributed by atoms with Crippen LogP contribution in [0, 0.1) is 13.8 Å². The van der Waals surface area contributed by atoms with Gasteiger partial charge in [0, 0.05) is 36.6 Å². The van der Waals surface area contributed by atoms with E-state index in [0.29, 0.717) is 57.4 Å². The Labute approximate surface area is 261 Å². The van der Waals surface area contributed by atoms with Crippen molar-refractivity contribution in [1.29, 1.82) is 0 Å². The van der Waals surface area contributed by atoms with Gasteiger partial charge in [-0.15, -0.1) is 28.2 Å². The molecule has 1 unspecified atom stereocenters. The van der Waals surface area contributed by atoms with E-state index in [-0.39, 0.29) is 28.8 Å². The maximum Gasteiger partial charge on any atom is 0.259 e. The first-order chi connectivity index (χ1) is 19.4. The number of nitrogens with zero attached hydrogens (tertiary/aromatic N) is 6. The van der Waals surface area contributed by atoms with Crippen molar-refractivity contribution in [3.8, 4) is 5.69 Å². The summed E-state index contributed by atoms with van der Waals surface area (Å²) < 4.78 is 1.59. The van der Waals surface area contributed by atoms with Crippen molar-refractivity contribution in [2.45, 2.75) is 64.2 Å². The summed E-state index contributed by atoms with van der Waals surface area (Å²) in [5.41, 5.74) is 2.24. The van der Waals surface area contributed by atoms with Crippen molar-refractivity contribution in [2.24, 2.45) is 0 Å². The molecule has 0 bridgehead atoms. The van der Waals surface area contributed by atoms with E-state index in [0.717, 1.165) is 21.0 Å². The monoisotopic (exact) mass is 653 g/mol. The number of thiophene rings is 1. The molecule has 4 aromatic rings. The molecule has 5 rings (SSSR count). The quantitative estimate of drug-likeness (QED) is 0.248. The highest BCUT2D eigenvalue weighted by Gasteiger charge is 2.34. The van der Waals surface area contributed by atoms with E-state index in [1.165, 1.54) is 23.1 Å². The summed E-state index contributed by atoms with van der Waals surface area (Å²) in [7, 11) is 0. The summed E-state index contributed by atoms with van der Waals surface area (Å²) in [6.07, 6.45) is 1.83. The largest absolute Gasteiger partial charge is 0.339 e. The van der Waals surface area contributed by atoms with Crippen molar-refractivity contribution in [1.82, 2.24) is 34.8 Å². The highest BCUT2D eigenvalue weighted by molar-refractivity contribution is 7.99. The lowest BCUT2D eigenvalue weighted by molar-refractivity contribution is -0.134. The number of benzene rings is 1. The molecule has 0 spiro atoms. The number of hydrogen-bond donors (Lipinski definition) is 1. The van der Waals surface area contributed by atoms with Crippen LogP contribution >= 0.6 is 57.9 Å². The number of aromatic amines is 1. The maximum atomic E-state index is 13.4. The molecular weight excluding hydrogens is 625 g/mol. The number of carbonyl (C=O) groups excluding carboxylic acids is 1. The molecule has 3 aromatic heterocycles. The van der Waals surface area contributed by atoms with Crippen LogP contribution in [0.25, 0.3) is 15.9 Å². The van der Waals surface area contributed by atoms with E-state index in [1.54, 1.807) is 16.8 Å². The van der Waals surface area contributed by atoms with Crippen LogP contribution in [-0.2, 0) is 17.1 Å². The molecule has 0 saturated carbocycles. The minimum atomic E-state index is -0.274. The van der Waals surface area contributed by atoms with Crippen LogP contribution in [0.4, 0.5) is 0 Å². The van der Waals surface area contributed by atoms with E-state index >= 15 is 0 Å². The van der Waals surface area contributed by atoms with E-state index in [2.05, 4.69) is 39.0 Å². The van der Waals surface area contributed by atoms with E-state index < -0.39 is 0 Å². The lowest BCUT2D eigenvalue weighted by Gasteiger charge is -2.44. The SMILES string of the molecule is Cc1sc2nc(CSC(C)C(=O)N3C[C@@H](C)N(Cc4cn(-c5cc(Cl)c(Cl)cc5Cl)nn4)[C@@H](C)C3)[nH]c(=O)c2c1C. The summed E-state index contributed by atoms with van der Waals surface area (Å²) in [6.45, 7) is 11.9. The second-order valence-corrected chi connectivity index (χ2v) is 14.2. The predicted molar refractivity (Wildman–Crippen MR) is 168 cm³/mol. The van der Waals surface area contributed by atoms with Crippen molar-refractivity contribution < 1.29 is 4.79 Å². The number of rotatable bonds is 7. The first-order valence-electron chi connectivity index (χ1n) is 13.1. The maximum absolute atomic E-state index is 13.4. The van der Waals surface area contributed by atoms with Crippen molar-refractivity contribution in [3.05, 3.63) is 65.7 Å². The van der Waals surface area contributed by atoms with Crippen LogP contribution in [0.5, 0.6) is 0 Å². The zero-order chi connectivity index (χ0) is 29.6. The minimum Gasteiger partial charge on any atom is -0.339 e. The molecule has 218 valence electrons. The Balaban J connectivity index is 1.19. The zero-order valence-electron chi connectivity index (χ0n) is 23.2. The number of thioether (sulfide) groups is 1. The van der Waals surface area contributed by atoms with Gasteiger partial charge in [-0.3, -0.25) is 14.5 Å². The van der Waals surface area contributed by atoms with Gasteiger partial charge in [-0.05, 0) is 52.3 Å². The van der Waals surface area contributed by atoms with Crippen molar-refractivity contribution in [3.63, 3.8) is 0 Å². The van der Waals surface area contributed by atoms with Crippen LogP contribution < -0.4 is 5.56 Å². The number of nitrogens with one attached hydrogen (secondary N) is 1. The summed E-state index contributed by atoms with van der Waals surface area (Å²) in [5.74, 6) is 1.13. The molecule has 1 aliphatic rings. The second kappa shape index (κ2) is 12.2. The first-order valence-corrected chi connectivity index (χ1v) is 16.1. The van der Waals surface area contributed by atoms with Gasteiger partial charge in [-0.25, -0.2) is 9.67 Å². The average molecular weight is 655 g/mol. The molecular formula is C27H30Cl3N7O2S2. The predicted octanol–water partition coefficient (Wildman–Crippen LogP) is 5.89. The van der Waals surface area contributed by atoms with Crippen LogP contribution in [0.15, 0.2) is 23.1 Å². The molecule has 3 atom stereocenters. The molecule has 4 heterocycles. The van der Waals surface area contributed by atoms with Gasteiger partial charge in [-0.2, -0.15) is 0 Å². The van der Waals surface area contributed by atoms with Crippen LogP contribution in [-0.4, -0.2) is 71.1 Å². The Bertz CT molecular complexity index is 1660. The number of carbonyl (C=O) groups is 1. The summed E-state index contributed by atoms with van der Waals surface area (Å²) in [6, 6.07) is 3.48. The Kier molecular flexibility index (Phi) is 9.04. The number of H-pyrrole nitrogens is 1. The highest BCUT2D eigenvalue weighted by Crippen LogP contribution is 2.31. The summed E-state index contributed by atoms with van der Waals surface area (Å²) in [5, 5.41) is 10.1. The Morgan fingerprint density at radius 3 is 2.54 bits per heavy atom. The van der Waals surface area contributed by atoms with Gasteiger partial charge >= 0.3 is 0 Å². The number of aryl methyl sites for hydroxylation is 2. The Morgan fingerprint density at radius 2 is 1.83 bits per heavy atom. The minimum absolute atomic E-state index is 0.0831. The average Bonchev–Trinajstić information content (AvgIpc) is 3.50. The molecule has 9 nitrogen and oxygen atoms in total. The number of halogens is 3. The smallest absolute Gasteiger partial charge is 0.259 e. The molecule has 1 aliphatic heterocycles. The lowest BCUT2D eigenvalue weighted by atomic mass is 10.1. The number of hydrogen-bond acceptors (Lipinski definition) is 8. The standard InChI is InChI=1S/C27H30Cl3N7O2S2/c1-13-8-35(27(39)17(5)40-12-23-31-25(38)24-15(3)16(4)41-26(24)32-23)9-14(2)36(13)10-18-11-37(34-33-18)22-7-20(29)19(28)6-21(22)30/h6-7,11,13-14,17H,8-10,12H2,1-5H3,(H,31,32,38)/t13-,14+,17?. The summed E-state index contributed by atoms with van der Waals surface area (Å²) >= 11 is 21.6. The van der Waals surface area contributed by atoms with Gasteiger partial charge in [-0.1, -0.05) is 40.0 Å². The molecule has 0 aliphatic carbocycles. The molecule has 41 heavy (non-hydrogen) atoms. The molecule has 1 aromatic carbocycles. The Hall–Kier alpha value is -2.15.